The first-order valence-corrected chi connectivity index (χ1v) is 3.41. The minimum absolute atomic E-state index is 0.376. The lowest BCUT2D eigenvalue weighted by atomic mass is 9.82. The molecular formula is C8H17N. The minimum Gasteiger partial charge on any atom is -0.301 e. The van der Waals surface area contributed by atoms with Gasteiger partial charge in [-0.25, -0.2) is 0 Å². The van der Waals surface area contributed by atoms with Gasteiger partial charge in [0.25, 0.3) is 0 Å². The van der Waals surface area contributed by atoms with E-state index in [2.05, 4.69) is 39.4 Å². The standard InChI is InChI=1S/C8H17N/c1-7(6-9-5)8(2,3)4/h7H,5-6H2,1-4H3. The maximum Gasteiger partial charge on any atom is 0.0412 e. The van der Waals surface area contributed by atoms with E-state index in [0.717, 1.165) is 6.54 Å². The van der Waals surface area contributed by atoms with Crippen molar-refractivity contribution < 1.29 is 0 Å². The molecule has 0 aromatic rings. The van der Waals surface area contributed by atoms with Crippen molar-refractivity contribution >= 4 is 6.72 Å². The van der Waals surface area contributed by atoms with Crippen LogP contribution in [0.15, 0.2) is 4.99 Å². The summed E-state index contributed by atoms with van der Waals surface area (Å²) in [5.74, 6) is 0.634. The summed E-state index contributed by atoms with van der Waals surface area (Å²) in [6.45, 7) is 13.2. The molecule has 1 nitrogen and oxygen atoms in total. The van der Waals surface area contributed by atoms with Gasteiger partial charge >= 0.3 is 0 Å². The van der Waals surface area contributed by atoms with E-state index in [0.29, 0.717) is 11.3 Å². The zero-order valence-electron chi connectivity index (χ0n) is 6.94. The van der Waals surface area contributed by atoms with E-state index in [4.69, 9.17) is 0 Å². The Morgan fingerprint density at radius 2 is 1.89 bits per heavy atom. The molecule has 1 heteroatoms. The first kappa shape index (κ1) is 8.67. The molecule has 0 aliphatic carbocycles. The fraction of sp³-hybridized carbons (Fsp3) is 0.875. The molecule has 0 N–H and O–H groups in total. The molecule has 1 atom stereocenters. The molecule has 1 unspecified atom stereocenters. The third kappa shape index (κ3) is 3.28. The highest BCUT2D eigenvalue weighted by Crippen LogP contribution is 2.24. The normalized spacial score (nSPS) is 15.1. The second-order valence-electron chi connectivity index (χ2n) is 3.67. The van der Waals surface area contributed by atoms with Crippen LogP contribution in [0.25, 0.3) is 0 Å². The molecule has 0 aliphatic heterocycles. The van der Waals surface area contributed by atoms with Crippen LogP contribution in [0.3, 0.4) is 0 Å². The topological polar surface area (TPSA) is 12.4 Å². The van der Waals surface area contributed by atoms with E-state index in [1.54, 1.807) is 0 Å². The highest BCUT2D eigenvalue weighted by Gasteiger charge is 2.18. The lowest BCUT2D eigenvalue weighted by Gasteiger charge is -2.25. The Balaban J connectivity index is 3.72. The van der Waals surface area contributed by atoms with Crippen molar-refractivity contribution in [1.29, 1.82) is 0 Å². The average Bonchev–Trinajstić information content (AvgIpc) is 1.64. The van der Waals surface area contributed by atoms with Crippen molar-refractivity contribution in [2.75, 3.05) is 6.54 Å². The summed E-state index contributed by atoms with van der Waals surface area (Å²) >= 11 is 0. The van der Waals surface area contributed by atoms with Crippen LogP contribution in [-0.2, 0) is 0 Å². The van der Waals surface area contributed by atoms with Crippen LogP contribution in [0.2, 0.25) is 0 Å². The third-order valence-electron chi connectivity index (χ3n) is 1.88. The molecule has 0 spiro atoms. The zero-order chi connectivity index (χ0) is 7.49. The van der Waals surface area contributed by atoms with Gasteiger partial charge in [-0.3, -0.25) is 0 Å². The van der Waals surface area contributed by atoms with Crippen LogP contribution in [0.1, 0.15) is 27.7 Å². The molecular weight excluding hydrogens is 110 g/mol. The van der Waals surface area contributed by atoms with Gasteiger partial charge < -0.3 is 4.99 Å². The Labute approximate surface area is 58.2 Å². The van der Waals surface area contributed by atoms with Gasteiger partial charge in [0.05, 0.1) is 0 Å². The second-order valence-corrected chi connectivity index (χ2v) is 3.67. The number of nitrogens with zero attached hydrogens (tertiary/aromatic N) is 1. The Morgan fingerprint density at radius 3 is 2.00 bits per heavy atom. The first-order chi connectivity index (χ1) is 3.98. The van der Waals surface area contributed by atoms with Gasteiger partial charge in [-0.15, -0.1) is 0 Å². The summed E-state index contributed by atoms with van der Waals surface area (Å²) in [7, 11) is 0. The molecule has 0 bridgehead atoms. The molecule has 0 aliphatic rings. The predicted molar refractivity (Wildman–Crippen MR) is 43.0 cm³/mol. The average molecular weight is 127 g/mol. The van der Waals surface area contributed by atoms with E-state index in [1.807, 2.05) is 0 Å². The second kappa shape index (κ2) is 3.00. The van der Waals surface area contributed by atoms with Crippen molar-refractivity contribution in [2.24, 2.45) is 16.3 Å². The van der Waals surface area contributed by atoms with Crippen LogP contribution >= 0.6 is 0 Å². The maximum atomic E-state index is 3.85. The summed E-state index contributed by atoms with van der Waals surface area (Å²) in [4.78, 5) is 3.85. The van der Waals surface area contributed by atoms with Gasteiger partial charge in [0.2, 0.25) is 0 Å². The number of aliphatic imine (C=N–C) groups is 1. The minimum atomic E-state index is 0.376. The molecule has 54 valence electrons. The number of rotatable bonds is 2. The monoisotopic (exact) mass is 127 g/mol. The molecule has 0 rings (SSSR count). The van der Waals surface area contributed by atoms with Crippen molar-refractivity contribution in [3.05, 3.63) is 0 Å². The van der Waals surface area contributed by atoms with E-state index >= 15 is 0 Å². The van der Waals surface area contributed by atoms with Crippen LogP contribution in [0, 0.1) is 11.3 Å². The van der Waals surface area contributed by atoms with Crippen molar-refractivity contribution in [3.63, 3.8) is 0 Å². The smallest absolute Gasteiger partial charge is 0.0412 e. The van der Waals surface area contributed by atoms with Gasteiger partial charge in [-0.1, -0.05) is 27.7 Å². The Hall–Kier alpha value is -0.330. The quantitative estimate of drug-likeness (QED) is 0.505. The molecule has 0 aromatic heterocycles. The fourth-order valence-electron chi connectivity index (χ4n) is 0.468. The molecule has 0 heterocycles. The third-order valence-corrected chi connectivity index (χ3v) is 1.88. The van der Waals surface area contributed by atoms with E-state index in [1.165, 1.54) is 0 Å². The van der Waals surface area contributed by atoms with Crippen molar-refractivity contribution in [2.45, 2.75) is 27.7 Å². The number of hydrogen-bond acceptors (Lipinski definition) is 1. The molecule has 9 heavy (non-hydrogen) atoms. The molecule has 0 saturated heterocycles. The SMILES string of the molecule is C=NCC(C)C(C)(C)C. The summed E-state index contributed by atoms with van der Waals surface area (Å²) in [5.41, 5.74) is 0.376. The predicted octanol–water partition coefficient (Wildman–Crippen LogP) is 2.37. The maximum absolute atomic E-state index is 3.85. The van der Waals surface area contributed by atoms with Crippen LogP contribution in [0.4, 0.5) is 0 Å². The van der Waals surface area contributed by atoms with E-state index in [9.17, 15) is 0 Å². The van der Waals surface area contributed by atoms with Gasteiger partial charge in [0.1, 0.15) is 0 Å². The Kier molecular flexibility index (Phi) is 2.89. The lowest BCUT2D eigenvalue weighted by Crippen LogP contribution is -2.19. The molecule has 0 amide bonds. The molecule has 0 fully saturated rings. The lowest BCUT2D eigenvalue weighted by molar-refractivity contribution is 0.270. The van der Waals surface area contributed by atoms with Gasteiger partial charge in [0.15, 0.2) is 0 Å². The van der Waals surface area contributed by atoms with Crippen LogP contribution in [-0.4, -0.2) is 13.3 Å². The zero-order valence-corrected chi connectivity index (χ0v) is 6.94. The fourth-order valence-corrected chi connectivity index (χ4v) is 0.468. The van der Waals surface area contributed by atoms with Crippen LogP contribution < -0.4 is 0 Å². The largest absolute Gasteiger partial charge is 0.301 e. The summed E-state index contributed by atoms with van der Waals surface area (Å²) in [6.07, 6.45) is 0. The summed E-state index contributed by atoms with van der Waals surface area (Å²) in [6, 6.07) is 0. The van der Waals surface area contributed by atoms with Crippen molar-refractivity contribution in [1.82, 2.24) is 0 Å². The Bertz CT molecular complexity index is 89.2. The first-order valence-electron chi connectivity index (χ1n) is 3.41. The van der Waals surface area contributed by atoms with Crippen molar-refractivity contribution in [3.8, 4) is 0 Å². The van der Waals surface area contributed by atoms with Crippen LogP contribution in [0.5, 0.6) is 0 Å². The number of hydrogen-bond donors (Lipinski definition) is 0. The Morgan fingerprint density at radius 1 is 1.44 bits per heavy atom. The van der Waals surface area contributed by atoms with E-state index < -0.39 is 0 Å². The molecule has 0 radical (unpaired) electrons. The highest BCUT2D eigenvalue weighted by molar-refractivity contribution is 5.23. The van der Waals surface area contributed by atoms with E-state index in [-0.39, 0.29) is 0 Å². The van der Waals surface area contributed by atoms with Gasteiger partial charge in [-0.05, 0) is 18.1 Å². The molecule has 0 saturated carbocycles. The summed E-state index contributed by atoms with van der Waals surface area (Å²) < 4.78 is 0. The highest BCUT2D eigenvalue weighted by atomic mass is 14.7. The molecule has 0 aromatic carbocycles. The van der Waals surface area contributed by atoms with Gasteiger partial charge in [0, 0.05) is 6.54 Å². The summed E-state index contributed by atoms with van der Waals surface area (Å²) in [5, 5.41) is 0. The van der Waals surface area contributed by atoms with Gasteiger partial charge in [-0.2, -0.15) is 0 Å².